The molecule has 1 aromatic heterocycles. The fourth-order valence-corrected chi connectivity index (χ4v) is 4.78. The van der Waals surface area contributed by atoms with Crippen molar-refractivity contribution < 1.29 is 19.1 Å². The lowest BCUT2D eigenvalue weighted by atomic mass is 10.1. The quantitative estimate of drug-likeness (QED) is 0.172. The van der Waals surface area contributed by atoms with E-state index in [1.54, 1.807) is 24.3 Å². The lowest BCUT2D eigenvalue weighted by Crippen LogP contribution is -2.27. The Labute approximate surface area is 198 Å². The third-order valence-electron chi connectivity index (χ3n) is 4.44. The average Bonchev–Trinajstić information content (AvgIpc) is 3.32. The molecule has 160 valence electrons. The molecule has 9 nitrogen and oxygen atoms in total. The molecule has 2 heterocycles. The lowest BCUT2D eigenvalue weighted by Gasteiger charge is -2.13. The molecule has 1 fully saturated rings. The maximum Gasteiger partial charge on any atom is 0.270 e. The summed E-state index contributed by atoms with van der Waals surface area (Å²) in [4.78, 5) is 35.2. The maximum atomic E-state index is 12.9. The van der Waals surface area contributed by atoms with Crippen LogP contribution in [-0.4, -0.2) is 20.1 Å². The number of halogens is 1. The number of non-ortho nitro benzene ring substituents is 2. The lowest BCUT2D eigenvalue weighted by molar-refractivity contribution is -0.385. The summed E-state index contributed by atoms with van der Waals surface area (Å²) in [6.07, 6.45) is 1.55. The SMILES string of the molecule is O=C1/C(=C\c2ccc(-c3ccc([N+](=O)[O-])cc3Br)o2)SC(=S)N1c1ccc([N+](=O)[O-])cc1. The zero-order valence-electron chi connectivity index (χ0n) is 15.8. The zero-order chi connectivity index (χ0) is 23.0. The molecule has 1 aliphatic rings. The molecule has 0 atom stereocenters. The third kappa shape index (κ3) is 4.20. The highest BCUT2D eigenvalue weighted by Gasteiger charge is 2.33. The van der Waals surface area contributed by atoms with Crippen molar-refractivity contribution in [1.82, 2.24) is 0 Å². The molecule has 0 radical (unpaired) electrons. The molecule has 3 aromatic rings. The van der Waals surface area contributed by atoms with Crippen LogP contribution >= 0.6 is 39.9 Å². The number of nitrogens with zero attached hydrogens (tertiary/aromatic N) is 3. The molecule has 1 amide bonds. The number of hydrogen-bond donors (Lipinski definition) is 0. The van der Waals surface area contributed by atoms with E-state index in [0.29, 0.717) is 36.5 Å². The Balaban J connectivity index is 1.58. The number of anilines is 1. The molecule has 2 aromatic carbocycles. The Kier molecular flexibility index (Phi) is 5.91. The van der Waals surface area contributed by atoms with E-state index in [4.69, 9.17) is 16.6 Å². The summed E-state index contributed by atoms with van der Waals surface area (Å²) in [6, 6.07) is 13.2. The zero-order valence-corrected chi connectivity index (χ0v) is 19.0. The Bertz CT molecular complexity index is 1320. The van der Waals surface area contributed by atoms with Crippen molar-refractivity contribution in [3.63, 3.8) is 0 Å². The van der Waals surface area contributed by atoms with E-state index in [1.165, 1.54) is 41.3 Å². The molecule has 12 heteroatoms. The number of benzene rings is 2. The van der Waals surface area contributed by atoms with Crippen LogP contribution in [0, 0.1) is 20.2 Å². The van der Waals surface area contributed by atoms with Gasteiger partial charge in [-0.1, -0.05) is 24.0 Å². The van der Waals surface area contributed by atoms with E-state index < -0.39 is 9.85 Å². The molecule has 4 rings (SSSR count). The van der Waals surface area contributed by atoms with Crippen molar-refractivity contribution in [3.8, 4) is 11.3 Å². The van der Waals surface area contributed by atoms with Gasteiger partial charge in [-0.15, -0.1) is 0 Å². The van der Waals surface area contributed by atoms with Gasteiger partial charge in [0.15, 0.2) is 4.32 Å². The second-order valence-corrected chi connectivity index (χ2v) is 8.94. The minimum Gasteiger partial charge on any atom is -0.457 e. The molecular formula is C20H10BrN3O6S2. The maximum absolute atomic E-state index is 12.9. The Morgan fingerprint density at radius 3 is 2.28 bits per heavy atom. The van der Waals surface area contributed by atoms with Gasteiger partial charge < -0.3 is 4.42 Å². The topological polar surface area (TPSA) is 120 Å². The second kappa shape index (κ2) is 8.65. The highest BCUT2D eigenvalue weighted by Crippen LogP contribution is 2.38. The molecule has 0 bridgehead atoms. The fourth-order valence-electron chi connectivity index (χ4n) is 2.94. The predicted octanol–water partition coefficient (Wildman–Crippen LogP) is 5.93. The Morgan fingerprint density at radius 2 is 1.66 bits per heavy atom. The van der Waals surface area contributed by atoms with Crippen LogP contribution in [0.25, 0.3) is 17.4 Å². The number of rotatable bonds is 5. The number of hydrogen-bond acceptors (Lipinski definition) is 8. The Morgan fingerprint density at radius 1 is 1.00 bits per heavy atom. The smallest absolute Gasteiger partial charge is 0.270 e. The van der Waals surface area contributed by atoms with Gasteiger partial charge in [-0.2, -0.15) is 0 Å². The van der Waals surface area contributed by atoms with E-state index in [1.807, 2.05) is 0 Å². The minimum atomic E-state index is -0.522. The van der Waals surface area contributed by atoms with Crippen molar-refractivity contribution in [2.24, 2.45) is 0 Å². The van der Waals surface area contributed by atoms with Gasteiger partial charge in [-0.3, -0.25) is 29.9 Å². The Hall–Kier alpha value is -3.35. The van der Waals surface area contributed by atoms with Crippen LogP contribution in [0.4, 0.5) is 17.1 Å². The van der Waals surface area contributed by atoms with Crippen LogP contribution < -0.4 is 4.90 Å². The van der Waals surface area contributed by atoms with E-state index in [9.17, 15) is 25.0 Å². The molecule has 32 heavy (non-hydrogen) atoms. The minimum absolute atomic E-state index is 0.0534. The highest BCUT2D eigenvalue weighted by atomic mass is 79.9. The van der Waals surface area contributed by atoms with Gasteiger partial charge in [0.05, 0.1) is 20.4 Å². The summed E-state index contributed by atoms with van der Waals surface area (Å²) >= 11 is 9.71. The first-order valence-corrected chi connectivity index (χ1v) is 10.8. The normalized spacial score (nSPS) is 14.9. The molecule has 0 unspecified atom stereocenters. The van der Waals surface area contributed by atoms with Gasteiger partial charge >= 0.3 is 0 Å². The van der Waals surface area contributed by atoms with Crippen LogP contribution in [0.15, 0.2) is 68.4 Å². The van der Waals surface area contributed by atoms with Crippen LogP contribution in [0.3, 0.4) is 0 Å². The summed E-state index contributed by atoms with van der Waals surface area (Å²) in [5.41, 5.74) is 0.905. The first-order chi connectivity index (χ1) is 15.2. The highest BCUT2D eigenvalue weighted by molar-refractivity contribution is 9.10. The van der Waals surface area contributed by atoms with Gasteiger partial charge in [0.25, 0.3) is 17.3 Å². The second-order valence-electron chi connectivity index (χ2n) is 6.41. The first-order valence-electron chi connectivity index (χ1n) is 8.81. The largest absolute Gasteiger partial charge is 0.457 e. The number of thiocarbonyl (C=S) groups is 1. The predicted molar refractivity (Wildman–Crippen MR) is 127 cm³/mol. The monoisotopic (exact) mass is 531 g/mol. The fraction of sp³-hybridized carbons (Fsp3) is 0. The van der Waals surface area contributed by atoms with E-state index in [2.05, 4.69) is 15.9 Å². The number of thioether (sulfide) groups is 1. The van der Waals surface area contributed by atoms with Gasteiger partial charge in [-0.25, -0.2) is 0 Å². The van der Waals surface area contributed by atoms with Gasteiger partial charge in [-0.05, 0) is 46.3 Å². The molecular weight excluding hydrogens is 522 g/mol. The van der Waals surface area contributed by atoms with Crippen molar-refractivity contribution in [2.45, 2.75) is 0 Å². The molecule has 0 spiro atoms. The van der Waals surface area contributed by atoms with Gasteiger partial charge in [0.2, 0.25) is 0 Å². The average molecular weight is 532 g/mol. The van der Waals surface area contributed by atoms with E-state index in [-0.39, 0.29) is 17.3 Å². The van der Waals surface area contributed by atoms with Crippen LogP contribution in [-0.2, 0) is 4.79 Å². The molecule has 1 aliphatic heterocycles. The van der Waals surface area contributed by atoms with E-state index in [0.717, 1.165) is 11.8 Å². The molecule has 0 saturated carbocycles. The molecule has 0 N–H and O–H groups in total. The number of carbonyl (C=O) groups is 1. The van der Waals surface area contributed by atoms with E-state index >= 15 is 0 Å². The molecule has 0 aliphatic carbocycles. The van der Waals surface area contributed by atoms with Crippen molar-refractivity contribution >= 4 is 73.3 Å². The van der Waals surface area contributed by atoms with Crippen molar-refractivity contribution in [3.05, 3.63) is 90.0 Å². The summed E-state index contributed by atoms with van der Waals surface area (Å²) in [5.74, 6) is 0.488. The summed E-state index contributed by atoms with van der Waals surface area (Å²) in [5, 5.41) is 21.7. The van der Waals surface area contributed by atoms with Crippen molar-refractivity contribution in [2.75, 3.05) is 4.90 Å². The molecule has 1 saturated heterocycles. The summed E-state index contributed by atoms with van der Waals surface area (Å²) in [7, 11) is 0. The van der Waals surface area contributed by atoms with Crippen LogP contribution in [0.1, 0.15) is 5.76 Å². The number of furan rings is 1. The third-order valence-corrected chi connectivity index (χ3v) is 6.40. The number of nitro benzene ring substituents is 2. The van der Waals surface area contributed by atoms with Crippen molar-refractivity contribution in [1.29, 1.82) is 0 Å². The van der Waals surface area contributed by atoms with Crippen LogP contribution in [0.5, 0.6) is 0 Å². The van der Waals surface area contributed by atoms with Crippen LogP contribution in [0.2, 0.25) is 0 Å². The first kappa shape index (κ1) is 21.9. The summed E-state index contributed by atoms with van der Waals surface area (Å²) in [6.45, 7) is 0. The number of amides is 1. The number of nitro groups is 2. The number of carbonyl (C=O) groups excluding carboxylic acids is 1. The van der Waals surface area contributed by atoms with Gasteiger partial charge in [0.1, 0.15) is 11.5 Å². The van der Waals surface area contributed by atoms with Gasteiger partial charge in [0, 0.05) is 40.4 Å². The summed E-state index contributed by atoms with van der Waals surface area (Å²) < 4.78 is 6.59. The standard InChI is InChI=1S/C20H10BrN3O6S2/c21-16-9-13(24(28)29)5-7-15(16)17-8-6-14(30-17)10-18-19(25)22(20(31)32-18)11-1-3-12(4-2-11)23(26)27/h1-10H/b18-10+.